The molecule has 1 aliphatic rings. The summed E-state index contributed by atoms with van der Waals surface area (Å²) in [5.74, 6) is 1.03. The van der Waals surface area contributed by atoms with E-state index in [2.05, 4.69) is 15.2 Å². The molecule has 1 fully saturated rings. The molecule has 0 spiro atoms. The first-order valence-electron chi connectivity index (χ1n) is 9.54. The fraction of sp³-hybridized carbons (Fsp3) is 0.381. The van der Waals surface area contributed by atoms with Crippen LogP contribution in [0.5, 0.6) is 0 Å². The molecule has 5 nitrogen and oxygen atoms in total. The predicted octanol–water partition coefficient (Wildman–Crippen LogP) is 5.00. The third kappa shape index (κ3) is 3.46. The molecular formula is C21H23FN4OS. The Balaban J connectivity index is 1.75. The topological polar surface area (TPSA) is 58.1 Å². The molecule has 28 heavy (non-hydrogen) atoms. The fourth-order valence-electron chi connectivity index (χ4n) is 3.68. The lowest BCUT2D eigenvalue weighted by atomic mass is 10.1. The number of thiophene rings is 1. The Kier molecular flexibility index (Phi) is 5.02. The van der Waals surface area contributed by atoms with Gasteiger partial charge in [-0.15, -0.1) is 11.3 Å². The summed E-state index contributed by atoms with van der Waals surface area (Å²) in [6.45, 7) is 7.63. The van der Waals surface area contributed by atoms with Gasteiger partial charge in [-0.1, -0.05) is 6.07 Å². The highest BCUT2D eigenvalue weighted by Gasteiger charge is 2.24. The van der Waals surface area contributed by atoms with E-state index >= 15 is 0 Å². The molecule has 146 valence electrons. The second-order valence-corrected chi connectivity index (χ2v) is 8.29. The van der Waals surface area contributed by atoms with Gasteiger partial charge in [-0.3, -0.25) is 4.79 Å². The van der Waals surface area contributed by atoms with Gasteiger partial charge in [0.25, 0.3) is 5.91 Å². The number of piperidine rings is 1. The maximum Gasteiger partial charge on any atom is 0.266 e. The van der Waals surface area contributed by atoms with Crippen LogP contribution in [0.3, 0.4) is 0 Å². The number of aromatic nitrogens is 2. The maximum atomic E-state index is 13.6. The molecule has 1 aromatic carbocycles. The maximum absolute atomic E-state index is 13.6. The molecule has 3 aromatic rings. The number of anilines is 2. The Labute approximate surface area is 167 Å². The molecule has 0 saturated carbocycles. The summed E-state index contributed by atoms with van der Waals surface area (Å²) in [7, 11) is 0. The largest absolute Gasteiger partial charge is 0.356 e. The average Bonchev–Trinajstić information content (AvgIpc) is 3.01. The van der Waals surface area contributed by atoms with Crippen molar-refractivity contribution in [2.45, 2.75) is 40.0 Å². The van der Waals surface area contributed by atoms with Crippen LogP contribution in [0.1, 0.15) is 45.9 Å². The molecular weight excluding hydrogens is 375 g/mol. The molecule has 1 saturated heterocycles. The van der Waals surface area contributed by atoms with Crippen LogP contribution in [-0.2, 0) is 0 Å². The SMILES string of the molecule is Cc1nc(N2CCCCC2)c2c(C)c(C(=O)Nc3cc(F)ccc3C)sc2n1. The molecule has 1 amide bonds. The van der Waals surface area contributed by atoms with Crippen LogP contribution in [0.25, 0.3) is 10.2 Å². The highest BCUT2D eigenvalue weighted by molar-refractivity contribution is 7.20. The van der Waals surface area contributed by atoms with Crippen LogP contribution in [-0.4, -0.2) is 29.0 Å². The summed E-state index contributed by atoms with van der Waals surface area (Å²) in [4.78, 5) is 26.0. The average molecular weight is 399 g/mol. The van der Waals surface area contributed by atoms with E-state index in [4.69, 9.17) is 4.98 Å². The third-order valence-electron chi connectivity index (χ3n) is 5.19. The van der Waals surface area contributed by atoms with Crippen LogP contribution in [0.4, 0.5) is 15.9 Å². The van der Waals surface area contributed by atoms with Gasteiger partial charge >= 0.3 is 0 Å². The molecule has 0 radical (unpaired) electrons. The van der Waals surface area contributed by atoms with Crippen molar-refractivity contribution in [3.63, 3.8) is 0 Å². The zero-order chi connectivity index (χ0) is 19.8. The number of benzene rings is 1. The lowest BCUT2D eigenvalue weighted by Crippen LogP contribution is -2.30. The monoisotopic (exact) mass is 398 g/mol. The van der Waals surface area contributed by atoms with Gasteiger partial charge in [0.2, 0.25) is 0 Å². The van der Waals surface area contributed by atoms with Crippen LogP contribution >= 0.6 is 11.3 Å². The Morgan fingerprint density at radius 2 is 1.89 bits per heavy atom. The summed E-state index contributed by atoms with van der Waals surface area (Å²) in [6, 6.07) is 4.39. The van der Waals surface area contributed by atoms with Crippen molar-refractivity contribution in [1.29, 1.82) is 0 Å². The summed E-state index contributed by atoms with van der Waals surface area (Å²) < 4.78 is 13.6. The zero-order valence-corrected chi connectivity index (χ0v) is 17.1. The van der Waals surface area contributed by atoms with Crippen molar-refractivity contribution in [3.8, 4) is 0 Å². The Morgan fingerprint density at radius 1 is 1.14 bits per heavy atom. The van der Waals surface area contributed by atoms with E-state index in [1.807, 2.05) is 20.8 Å². The van der Waals surface area contributed by atoms with Gasteiger partial charge in [-0.2, -0.15) is 0 Å². The number of carbonyl (C=O) groups excluding carboxylic acids is 1. The Bertz CT molecular complexity index is 1060. The lowest BCUT2D eigenvalue weighted by molar-refractivity contribution is 0.103. The third-order valence-corrected chi connectivity index (χ3v) is 6.38. The number of aryl methyl sites for hydroxylation is 3. The summed E-state index contributed by atoms with van der Waals surface area (Å²) in [5.41, 5.74) is 2.19. The predicted molar refractivity (Wildman–Crippen MR) is 112 cm³/mol. The quantitative estimate of drug-likeness (QED) is 0.675. The van der Waals surface area contributed by atoms with Crippen molar-refractivity contribution in [1.82, 2.24) is 9.97 Å². The molecule has 4 rings (SSSR count). The molecule has 0 atom stereocenters. The van der Waals surface area contributed by atoms with Crippen molar-refractivity contribution < 1.29 is 9.18 Å². The van der Waals surface area contributed by atoms with Crippen LogP contribution in [0.2, 0.25) is 0 Å². The van der Waals surface area contributed by atoms with Crippen LogP contribution in [0, 0.1) is 26.6 Å². The number of carbonyl (C=O) groups is 1. The van der Waals surface area contributed by atoms with Crippen molar-refractivity contribution in [2.24, 2.45) is 0 Å². The number of hydrogen-bond acceptors (Lipinski definition) is 5. The fourth-order valence-corrected chi connectivity index (χ4v) is 4.80. The molecule has 7 heteroatoms. The number of nitrogens with zero attached hydrogens (tertiary/aromatic N) is 3. The first-order valence-corrected chi connectivity index (χ1v) is 10.4. The second kappa shape index (κ2) is 7.47. The lowest BCUT2D eigenvalue weighted by Gasteiger charge is -2.28. The summed E-state index contributed by atoms with van der Waals surface area (Å²) >= 11 is 1.37. The van der Waals surface area contributed by atoms with Gasteiger partial charge in [0, 0.05) is 18.8 Å². The number of nitrogens with one attached hydrogen (secondary N) is 1. The normalized spacial score (nSPS) is 14.5. The summed E-state index contributed by atoms with van der Waals surface area (Å²) in [5, 5.41) is 3.81. The molecule has 0 aliphatic carbocycles. The molecule has 3 heterocycles. The number of fused-ring (bicyclic) bond motifs is 1. The highest BCUT2D eigenvalue weighted by Crippen LogP contribution is 2.36. The van der Waals surface area contributed by atoms with E-state index in [1.165, 1.54) is 29.9 Å². The second-order valence-electron chi connectivity index (χ2n) is 7.29. The molecule has 2 aromatic heterocycles. The molecule has 1 N–H and O–H groups in total. The Hall–Kier alpha value is -2.54. The summed E-state index contributed by atoms with van der Waals surface area (Å²) in [6.07, 6.45) is 3.55. The van der Waals surface area contributed by atoms with E-state index in [0.29, 0.717) is 16.4 Å². The molecule has 1 aliphatic heterocycles. The molecule has 0 bridgehead atoms. The van der Waals surface area contributed by atoms with E-state index in [9.17, 15) is 9.18 Å². The van der Waals surface area contributed by atoms with Gasteiger partial charge in [0.15, 0.2) is 0 Å². The number of rotatable bonds is 3. The minimum absolute atomic E-state index is 0.239. The van der Waals surface area contributed by atoms with E-state index < -0.39 is 0 Å². The minimum Gasteiger partial charge on any atom is -0.356 e. The van der Waals surface area contributed by atoms with Gasteiger partial charge in [-0.25, -0.2) is 14.4 Å². The van der Waals surface area contributed by atoms with E-state index in [-0.39, 0.29) is 11.7 Å². The van der Waals surface area contributed by atoms with Crippen molar-refractivity contribution >= 4 is 39.0 Å². The van der Waals surface area contributed by atoms with Gasteiger partial charge in [-0.05, 0) is 63.3 Å². The minimum atomic E-state index is -0.372. The zero-order valence-electron chi connectivity index (χ0n) is 16.3. The number of amides is 1. The molecule has 0 unspecified atom stereocenters. The first kappa shape index (κ1) is 18.8. The first-order chi connectivity index (χ1) is 13.4. The van der Waals surface area contributed by atoms with Gasteiger partial charge < -0.3 is 10.2 Å². The van der Waals surface area contributed by atoms with Crippen molar-refractivity contribution in [2.75, 3.05) is 23.3 Å². The van der Waals surface area contributed by atoms with Crippen LogP contribution in [0.15, 0.2) is 18.2 Å². The smallest absolute Gasteiger partial charge is 0.266 e. The van der Waals surface area contributed by atoms with Crippen molar-refractivity contribution in [3.05, 3.63) is 45.8 Å². The number of halogens is 1. The Morgan fingerprint density at radius 3 is 2.64 bits per heavy atom. The highest BCUT2D eigenvalue weighted by atomic mass is 32.1. The van der Waals surface area contributed by atoms with Gasteiger partial charge in [0.1, 0.15) is 22.3 Å². The van der Waals surface area contributed by atoms with Crippen LogP contribution < -0.4 is 10.2 Å². The standard InChI is InChI=1S/C21H23FN4OS/c1-12-7-8-15(22)11-16(12)25-20(27)18-13(2)17-19(26-9-5-4-6-10-26)23-14(3)24-21(17)28-18/h7-8,11H,4-6,9-10H2,1-3H3,(H,25,27). The number of hydrogen-bond donors (Lipinski definition) is 1. The van der Waals surface area contributed by atoms with E-state index in [1.54, 1.807) is 6.07 Å². The van der Waals surface area contributed by atoms with Gasteiger partial charge in [0.05, 0.1) is 10.3 Å². The van der Waals surface area contributed by atoms with E-state index in [0.717, 1.165) is 53.1 Å².